The molecule has 1 atom stereocenters. The second-order valence-electron chi connectivity index (χ2n) is 6.30. The molecule has 0 saturated heterocycles. The lowest BCUT2D eigenvalue weighted by Gasteiger charge is -2.17. The molecular weight excluding hydrogens is 324 g/mol. The van der Waals surface area contributed by atoms with Crippen molar-refractivity contribution in [3.05, 3.63) is 90.5 Å². The van der Waals surface area contributed by atoms with Crippen LogP contribution in [0.3, 0.4) is 0 Å². The molecule has 4 rings (SSSR count). The summed E-state index contributed by atoms with van der Waals surface area (Å²) in [6, 6.07) is 27.5. The standard InChI is InChI=1S/C23H18O3/c24-23(25)22(15-19-10-5-9-17-7-3-4-11-21(17)19)26-20-13-12-16-6-1-2-8-18(16)14-20/h1-14,22H,15H2,(H,24,25)/t22-/m1/s1. The Labute approximate surface area is 151 Å². The Morgan fingerprint density at radius 2 is 1.50 bits per heavy atom. The van der Waals surface area contributed by atoms with E-state index >= 15 is 0 Å². The van der Waals surface area contributed by atoms with Crippen molar-refractivity contribution in [1.29, 1.82) is 0 Å². The summed E-state index contributed by atoms with van der Waals surface area (Å²) in [5.41, 5.74) is 0.969. The van der Waals surface area contributed by atoms with Gasteiger partial charge in [-0.05, 0) is 39.2 Å². The summed E-state index contributed by atoms with van der Waals surface area (Å²) in [7, 11) is 0. The largest absolute Gasteiger partial charge is 0.478 e. The predicted molar refractivity (Wildman–Crippen MR) is 104 cm³/mol. The second-order valence-corrected chi connectivity index (χ2v) is 6.30. The molecule has 0 saturated carbocycles. The number of carbonyl (C=O) groups is 1. The maximum atomic E-state index is 11.8. The number of rotatable bonds is 5. The summed E-state index contributed by atoms with van der Waals surface area (Å²) in [6.07, 6.45) is -0.634. The van der Waals surface area contributed by atoms with Crippen molar-refractivity contribution in [3.63, 3.8) is 0 Å². The Balaban J connectivity index is 1.64. The van der Waals surface area contributed by atoms with Gasteiger partial charge in [-0.25, -0.2) is 4.79 Å². The molecule has 0 aliphatic heterocycles. The summed E-state index contributed by atoms with van der Waals surface area (Å²) in [6.45, 7) is 0. The summed E-state index contributed by atoms with van der Waals surface area (Å²) >= 11 is 0. The molecule has 0 aromatic heterocycles. The Morgan fingerprint density at radius 3 is 2.31 bits per heavy atom. The first-order valence-corrected chi connectivity index (χ1v) is 8.55. The van der Waals surface area contributed by atoms with Gasteiger partial charge in [-0.1, -0.05) is 72.8 Å². The summed E-state index contributed by atoms with van der Waals surface area (Å²) in [5.74, 6) is -0.401. The quantitative estimate of drug-likeness (QED) is 0.551. The molecular formula is C23H18O3. The van der Waals surface area contributed by atoms with E-state index in [4.69, 9.17) is 4.74 Å². The van der Waals surface area contributed by atoms with E-state index in [1.807, 2.05) is 84.9 Å². The van der Waals surface area contributed by atoms with E-state index in [-0.39, 0.29) is 0 Å². The highest BCUT2D eigenvalue weighted by Gasteiger charge is 2.21. The minimum atomic E-state index is -0.967. The Kier molecular flexibility index (Phi) is 4.28. The molecule has 4 aromatic carbocycles. The monoisotopic (exact) mass is 342 g/mol. The Hall–Kier alpha value is -3.33. The Morgan fingerprint density at radius 1 is 0.808 bits per heavy atom. The number of carboxylic acids is 1. The van der Waals surface area contributed by atoms with Crippen molar-refractivity contribution in [1.82, 2.24) is 0 Å². The SMILES string of the molecule is O=C(O)[C@@H](Cc1cccc2ccccc12)Oc1ccc2ccccc2c1. The number of benzene rings is 4. The molecule has 3 heteroatoms. The number of hydrogen-bond donors (Lipinski definition) is 1. The fourth-order valence-corrected chi connectivity index (χ4v) is 3.25. The molecule has 0 unspecified atom stereocenters. The van der Waals surface area contributed by atoms with Gasteiger partial charge in [0.15, 0.2) is 6.10 Å². The van der Waals surface area contributed by atoms with E-state index < -0.39 is 12.1 Å². The van der Waals surface area contributed by atoms with Crippen LogP contribution < -0.4 is 4.74 Å². The van der Waals surface area contributed by atoms with E-state index in [9.17, 15) is 9.90 Å². The van der Waals surface area contributed by atoms with Crippen LogP contribution in [-0.4, -0.2) is 17.2 Å². The van der Waals surface area contributed by atoms with Crippen molar-refractivity contribution in [2.24, 2.45) is 0 Å². The molecule has 0 fully saturated rings. The van der Waals surface area contributed by atoms with Crippen LogP contribution in [0, 0.1) is 0 Å². The van der Waals surface area contributed by atoms with Crippen molar-refractivity contribution in [3.8, 4) is 5.75 Å². The second kappa shape index (κ2) is 6.89. The van der Waals surface area contributed by atoms with Crippen LogP contribution in [0.5, 0.6) is 5.75 Å². The molecule has 0 heterocycles. The fraction of sp³-hybridized carbons (Fsp3) is 0.0870. The van der Waals surface area contributed by atoms with E-state index in [0.29, 0.717) is 12.2 Å². The van der Waals surface area contributed by atoms with Crippen molar-refractivity contribution < 1.29 is 14.6 Å². The summed E-state index contributed by atoms with van der Waals surface area (Å²) in [5, 5.41) is 13.9. The van der Waals surface area contributed by atoms with Crippen LogP contribution in [0.1, 0.15) is 5.56 Å². The molecule has 3 nitrogen and oxygen atoms in total. The molecule has 0 radical (unpaired) electrons. The van der Waals surface area contributed by atoms with E-state index in [1.54, 1.807) is 0 Å². The first-order chi connectivity index (χ1) is 12.7. The van der Waals surface area contributed by atoms with Gasteiger partial charge in [-0.3, -0.25) is 0 Å². The zero-order valence-corrected chi connectivity index (χ0v) is 14.1. The average Bonchev–Trinajstić information content (AvgIpc) is 2.67. The van der Waals surface area contributed by atoms with Crippen LogP contribution in [0.15, 0.2) is 84.9 Å². The van der Waals surface area contributed by atoms with Gasteiger partial charge in [0.2, 0.25) is 0 Å². The lowest BCUT2D eigenvalue weighted by atomic mass is 10.00. The first kappa shape index (κ1) is 16.2. The molecule has 0 aliphatic carbocycles. The number of aliphatic carboxylic acids is 1. The number of hydrogen-bond acceptors (Lipinski definition) is 2. The van der Waals surface area contributed by atoms with Gasteiger partial charge < -0.3 is 9.84 Å². The first-order valence-electron chi connectivity index (χ1n) is 8.55. The van der Waals surface area contributed by atoms with Gasteiger partial charge in [0.1, 0.15) is 5.75 Å². The van der Waals surface area contributed by atoms with E-state index in [1.165, 1.54) is 0 Å². The highest BCUT2D eigenvalue weighted by Crippen LogP contribution is 2.24. The van der Waals surface area contributed by atoms with Crippen LogP contribution in [0.25, 0.3) is 21.5 Å². The molecule has 128 valence electrons. The molecule has 4 aromatic rings. The number of carboxylic acid groups (broad SMARTS) is 1. The van der Waals surface area contributed by atoms with Crippen LogP contribution >= 0.6 is 0 Å². The number of ether oxygens (including phenoxy) is 1. The highest BCUT2D eigenvalue weighted by atomic mass is 16.5. The van der Waals surface area contributed by atoms with Gasteiger partial charge >= 0.3 is 5.97 Å². The summed E-state index contributed by atoms with van der Waals surface area (Å²) < 4.78 is 5.84. The van der Waals surface area contributed by atoms with Gasteiger partial charge in [0.05, 0.1) is 0 Å². The van der Waals surface area contributed by atoms with Crippen molar-refractivity contribution in [2.45, 2.75) is 12.5 Å². The van der Waals surface area contributed by atoms with Gasteiger partial charge in [-0.2, -0.15) is 0 Å². The van der Waals surface area contributed by atoms with Crippen LogP contribution in [0.2, 0.25) is 0 Å². The number of fused-ring (bicyclic) bond motifs is 2. The minimum absolute atomic E-state index is 0.309. The lowest BCUT2D eigenvalue weighted by molar-refractivity contribution is -0.145. The van der Waals surface area contributed by atoms with Crippen molar-refractivity contribution in [2.75, 3.05) is 0 Å². The maximum Gasteiger partial charge on any atom is 0.345 e. The molecule has 0 spiro atoms. The summed E-state index contributed by atoms with van der Waals surface area (Å²) in [4.78, 5) is 11.8. The zero-order valence-electron chi connectivity index (χ0n) is 14.1. The third kappa shape index (κ3) is 3.24. The zero-order chi connectivity index (χ0) is 17.9. The van der Waals surface area contributed by atoms with E-state index in [0.717, 1.165) is 27.1 Å². The third-order valence-corrected chi connectivity index (χ3v) is 4.56. The lowest BCUT2D eigenvalue weighted by Crippen LogP contribution is -2.29. The predicted octanol–water partition coefficient (Wildman–Crippen LogP) is 5.07. The smallest absolute Gasteiger partial charge is 0.345 e. The molecule has 0 aliphatic rings. The van der Waals surface area contributed by atoms with Crippen LogP contribution in [0.4, 0.5) is 0 Å². The minimum Gasteiger partial charge on any atom is -0.478 e. The Bertz CT molecular complexity index is 1080. The molecule has 26 heavy (non-hydrogen) atoms. The van der Waals surface area contributed by atoms with Gasteiger partial charge in [-0.15, -0.1) is 0 Å². The van der Waals surface area contributed by atoms with Crippen LogP contribution in [-0.2, 0) is 11.2 Å². The third-order valence-electron chi connectivity index (χ3n) is 4.56. The maximum absolute atomic E-state index is 11.8. The molecule has 0 amide bonds. The van der Waals surface area contributed by atoms with Gasteiger partial charge in [0, 0.05) is 6.42 Å². The molecule has 1 N–H and O–H groups in total. The topological polar surface area (TPSA) is 46.5 Å². The fourth-order valence-electron chi connectivity index (χ4n) is 3.25. The van der Waals surface area contributed by atoms with Gasteiger partial charge in [0.25, 0.3) is 0 Å². The van der Waals surface area contributed by atoms with E-state index in [2.05, 4.69) is 0 Å². The highest BCUT2D eigenvalue weighted by molar-refractivity contribution is 5.87. The normalized spacial score (nSPS) is 12.2. The average molecular weight is 342 g/mol. The van der Waals surface area contributed by atoms with Crippen molar-refractivity contribution >= 4 is 27.5 Å². The molecule has 0 bridgehead atoms.